The molecule has 112 valence electrons. The van der Waals surface area contributed by atoms with E-state index in [9.17, 15) is 0 Å². The van der Waals surface area contributed by atoms with E-state index in [0.717, 1.165) is 37.9 Å². The summed E-state index contributed by atoms with van der Waals surface area (Å²) in [4.78, 5) is 10.9. The van der Waals surface area contributed by atoms with Gasteiger partial charge in [0, 0.05) is 19.0 Å². The highest BCUT2D eigenvalue weighted by Gasteiger charge is 2.29. The first-order valence-corrected chi connectivity index (χ1v) is 7.74. The lowest BCUT2D eigenvalue weighted by Gasteiger charge is -2.31. The Bertz CT molecular complexity index is 576. The van der Waals surface area contributed by atoms with E-state index in [1.165, 1.54) is 25.7 Å². The van der Waals surface area contributed by atoms with Crippen molar-refractivity contribution in [2.75, 3.05) is 13.1 Å². The molecule has 2 aromatic heterocycles. The first-order valence-electron chi connectivity index (χ1n) is 7.74. The molecule has 2 aromatic rings. The van der Waals surface area contributed by atoms with E-state index in [1.54, 1.807) is 12.7 Å². The molecule has 1 atom stereocenters. The molecule has 0 aromatic carbocycles. The van der Waals surface area contributed by atoms with Gasteiger partial charge in [0.25, 0.3) is 0 Å². The Morgan fingerprint density at radius 2 is 2.24 bits per heavy atom. The van der Waals surface area contributed by atoms with Crippen LogP contribution in [0.3, 0.4) is 0 Å². The van der Waals surface area contributed by atoms with E-state index in [4.69, 9.17) is 4.52 Å². The van der Waals surface area contributed by atoms with E-state index in [1.807, 2.05) is 4.68 Å². The fourth-order valence-corrected chi connectivity index (χ4v) is 3.07. The Balaban J connectivity index is 1.33. The summed E-state index contributed by atoms with van der Waals surface area (Å²) >= 11 is 0. The highest BCUT2D eigenvalue weighted by Crippen LogP contribution is 2.38. The third-order valence-electron chi connectivity index (χ3n) is 4.30. The van der Waals surface area contributed by atoms with Crippen LogP contribution in [-0.4, -0.2) is 42.9 Å². The highest BCUT2D eigenvalue weighted by atomic mass is 16.5. The van der Waals surface area contributed by atoms with Gasteiger partial charge in [-0.25, -0.2) is 4.98 Å². The minimum atomic E-state index is 0.559. The van der Waals surface area contributed by atoms with E-state index in [2.05, 4.69) is 25.1 Å². The Morgan fingerprint density at radius 1 is 1.29 bits per heavy atom. The zero-order valence-electron chi connectivity index (χ0n) is 12.1. The molecule has 1 aliphatic carbocycles. The summed E-state index contributed by atoms with van der Waals surface area (Å²) < 4.78 is 7.30. The molecule has 21 heavy (non-hydrogen) atoms. The second kappa shape index (κ2) is 5.55. The van der Waals surface area contributed by atoms with Crippen molar-refractivity contribution in [3.8, 4) is 0 Å². The second-order valence-electron chi connectivity index (χ2n) is 6.18. The maximum Gasteiger partial charge on any atom is 0.240 e. The molecular weight excluding hydrogens is 268 g/mol. The first kappa shape index (κ1) is 12.9. The summed E-state index contributed by atoms with van der Waals surface area (Å²) in [6.07, 6.45) is 8.26. The summed E-state index contributed by atoms with van der Waals surface area (Å²) in [5.74, 6) is 2.84. The van der Waals surface area contributed by atoms with Crippen LogP contribution in [-0.2, 0) is 13.1 Å². The third-order valence-corrected chi connectivity index (χ3v) is 4.30. The third kappa shape index (κ3) is 3.12. The topological polar surface area (TPSA) is 72.9 Å². The van der Waals surface area contributed by atoms with Gasteiger partial charge in [-0.1, -0.05) is 5.16 Å². The van der Waals surface area contributed by atoms with Crippen molar-refractivity contribution in [3.05, 3.63) is 24.4 Å². The Morgan fingerprint density at radius 3 is 3.05 bits per heavy atom. The molecule has 2 aliphatic rings. The summed E-state index contributed by atoms with van der Waals surface area (Å²) in [6, 6.07) is 0. The van der Waals surface area contributed by atoms with Crippen LogP contribution >= 0.6 is 0 Å². The van der Waals surface area contributed by atoms with Crippen LogP contribution in [0.15, 0.2) is 17.2 Å². The van der Waals surface area contributed by atoms with Crippen molar-refractivity contribution in [1.29, 1.82) is 0 Å². The van der Waals surface area contributed by atoms with Gasteiger partial charge in [-0.3, -0.25) is 9.58 Å². The van der Waals surface area contributed by atoms with Gasteiger partial charge in [0.15, 0.2) is 5.82 Å². The van der Waals surface area contributed by atoms with Crippen LogP contribution in [0.4, 0.5) is 0 Å². The lowest BCUT2D eigenvalue weighted by Crippen LogP contribution is -2.36. The molecule has 7 nitrogen and oxygen atoms in total. The predicted molar refractivity (Wildman–Crippen MR) is 74.3 cm³/mol. The van der Waals surface area contributed by atoms with Gasteiger partial charge in [-0.05, 0) is 38.1 Å². The van der Waals surface area contributed by atoms with Gasteiger partial charge in [0.05, 0.1) is 6.54 Å². The highest BCUT2D eigenvalue weighted by molar-refractivity contribution is 5.03. The maximum atomic E-state index is 5.38. The molecule has 0 radical (unpaired) electrons. The van der Waals surface area contributed by atoms with Gasteiger partial charge in [-0.15, -0.1) is 0 Å². The molecule has 1 saturated heterocycles. The van der Waals surface area contributed by atoms with E-state index >= 15 is 0 Å². The minimum absolute atomic E-state index is 0.559. The van der Waals surface area contributed by atoms with E-state index in [0.29, 0.717) is 11.8 Å². The Hall–Kier alpha value is -1.76. The van der Waals surface area contributed by atoms with Crippen LogP contribution in [0, 0.1) is 5.92 Å². The van der Waals surface area contributed by atoms with Gasteiger partial charge in [0.2, 0.25) is 5.89 Å². The molecule has 0 amide bonds. The predicted octanol–water partition coefficient (Wildman–Crippen LogP) is 1.45. The largest absolute Gasteiger partial charge is 0.338 e. The first-order chi connectivity index (χ1) is 10.4. The summed E-state index contributed by atoms with van der Waals surface area (Å²) in [5, 5.41) is 8.28. The van der Waals surface area contributed by atoms with Crippen LogP contribution in [0.5, 0.6) is 0 Å². The molecule has 3 heterocycles. The zero-order valence-corrected chi connectivity index (χ0v) is 12.1. The fourth-order valence-electron chi connectivity index (χ4n) is 3.07. The van der Waals surface area contributed by atoms with E-state index in [-0.39, 0.29) is 0 Å². The fraction of sp³-hybridized carbons (Fsp3) is 0.714. The minimum Gasteiger partial charge on any atom is -0.338 e. The molecule has 0 bridgehead atoms. The van der Waals surface area contributed by atoms with Crippen molar-refractivity contribution in [2.24, 2.45) is 5.92 Å². The van der Waals surface area contributed by atoms with Crippen molar-refractivity contribution in [1.82, 2.24) is 29.8 Å². The molecule has 4 rings (SSSR count). The lowest BCUT2D eigenvalue weighted by molar-refractivity contribution is 0.138. The average Bonchev–Trinajstić information content (AvgIpc) is 3.02. The van der Waals surface area contributed by atoms with Crippen LogP contribution in [0.2, 0.25) is 0 Å². The smallest absolute Gasteiger partial charge is 0.240 e. The van der Waals surface area contributed by atoms with Crippen molar-refractivity contribution in [3.63, 3.8) is 0 Å². The van der Waals surface area contributed by atoms with Crippen LogP contribution in [0.1, 0.15) is 43.3 Å². The second-order valence-corrected chi connectivity index (χ2v) is 6.18. The lowest BCUT2D eigenvalue weighted by atomic mass is 9.98. The number of hydrogen-bond acceptors (Lipinski definition) is 6. The van der Waals surface area contributed by atoms with Gasteiger partial charge < -0.3 is 4.52 Å². The number of aromatic nitrogens is 5. The van der Waals surface area contributed by atoms with Gasteiger partial charge >= 0.3 is 0 Å². The molecule has 0 spiro atoms. The molecular formula is C14H20N6O. The summed E-state index contributed by atoms with van der Waals surface area (Å²) in [7, 11) is 0. The standard InChI is InChI=1S/C14H20N6O/c1-2-11(7-20-10-15-9-16-20)6-19(5-1)8-13-17-14(18-21-13)12-3-4-12/h9-12H,1-8H2/t11-/m0/s1. The molecule has 2 fully saturated rings. The van der Waals surface area contributed by atoms with Gasteiger partial charge in [0.1, 0.15) is 12.7 Å². The maximum absolute atomic E-state index is 5.38. The van der Waals surface area contributed by atoms with Crippen LogP contribution < -0.4 is 0 Å². The summed E-state index contributed by atoms with van der Waals surface area (Å²) in [5.41, 5.74) is 0. The monoisotopic (exact) mass is 288 g/mol. The number of piperidine rings is 1. The number of likely N-dealkylation sites (tertiary alicyclic amines) is 1. The molecule has 1 aliphatic heterocycles. The molecule has 1 saturated carbocycles. The summed E-state index contributed by atoms with van der Waals surface area (Å²) in [6.45, 7) is 3.87. The van der Waals surface area contributed by atoms with Gasteiger partial charge in [-0.2, -0.15) is 10.1 Å². The van der Waals surface area contributed by atoms with Crippen molar-refractivity contribution in [2.45, 2.75) is 44.7 Å². The van der Waals surface area contributed by atoms with Crippen LogP contribution in [0.25, 0.3) is 0 Å². The quantitative estimate of drug-likeness (QED) is 0.829. The van der Waals surface area contributed by atoms with Crippen molar-refractivity contribution < 1.29 is 4.52 Å². The zero-order chi connectivity index (χ0) is 14.1. The average molecular weight is 288 g/mol. The SMILES string of the molecule is c1ncn(C[C@H]2CCCN(Cc3nc(C4CC4)no3)C2)n1. The number of nitrogens with zero attached hydrogens (tertiary/aromatic N) is 6. The van der Waals surface area contributed by atoms with Crippen molar-refractivity contribution >= 4 is 0 Å². The Kier molecular flexibility index (Phi) is 3.42. The molecule has 0 N–H and O–H groups in total. The molecule has 0 unspecified atom stereocenters. The number of hydrogen-bond donors (Lipinski definition) is 0. The molecule has 7 heteroatoms. The normalized spacial score (nSPS) is 23.5. The Labute approximate surface area is 123 Å². The number of rotatable bonds is 5. The van der Waals surface area contributed by atoms with E-state index < -0.39 is 0 Å².